The molecule has 124 valence electrons. The maximum Gasteiger partial charge on any atom is 0.262 e. The Balaban J connectivity index is 2.07. The second-order valence-electron chi connectivity index (χ2n) is 4.86. The summed E-state index contributed by atoms with van der Waals surface area (Å²) >= 11 is 1.36. The van der Waals surface area contributed by atoms with Crippen LogP contribution >= 0.6 is 11.3 Å². The average molecular weight is 345 g/mol. The van der Waals surface area contributed by atoms with E-state index in [0.29, 0.717) is 30.3 Å². The first kappa shape index (κ1) is 17.8. The largest absolute Gasteiger partial charge is 0.385 e. The van der Waals surface area contributed by atoms with E-state index in [4.69, 9.17) is 10.00 Å². The smallest absolute Gasteiger partial charge is 0.262 e. The van der Waals surface area contributed by atoms with Crippen molar-refractivity contribution >= 4 is 23.3 Å². The lowest BCUT2D eigenvalue weighted by molar-refractivity contribution is -0.117. The Morgan fingerprint density at radius 3 is 2.88 bits per heavy atom. The Hall–Kier alpha value is -2.56. The number of nitrogens with zero attached hydrogens (tertiary/aromatic N) is 2. The van der Waals surface area contributed by atoms with Gasteiger partial charge >= 0.3 is 0 Å². The second-order valence-corrected chi connectivity index (χ2v) is 5.71. The third kappa shape index (κ3) is 4.98. The van der Waals surface area contributed by atoms with Crippen molar-refractivity contribution in [1.82, 2.24) is 10.3 Å². The number of thiazole rings is 1. The number of benzene rings is 1. The third-order valence-corrected chi connectivity index (χ3v) is 3.99. The van der Waals surface area contributed by atoms with Gasteiger partial charge in [-0.1, -0.05) is 0 Å². The van der Waals surface area contributed by atoms with E-state index in [2.05, 4.69) is 10.3 Å². The molecule has 0 saturated carbocycles. The molecule has 2 aromatic rings. The van der Waals surface area contributed by atoms with Crippen LogP contribution in [-0.2, 0) is 9.53 Å². The lowest BCUT2D eigenvalue weighted by atomic mass is 10.2. The van der Waals surface area contributed by atoms with E-state index in [0.717, 1.165) is 5.56 Å². The van der Waals surface area contributed by atoms with Gasteiger partial charge < -0.3 is 10.1 Å². The number of hydrogen-bond acceptors (Lipinski definition) is 5. The minimum atomic E-state index is -0.440. The molecule has 0 aliphatic carbocycles. The molecule has 1 amide bonds. The number of rotatable bonds is 7. The molecule has 0 radical (unpaired) electrons. The van der Waals surface area contributed by atoms with Gasteiger partial charge in [-0.3, -0.25) is 4.79 Å². The highest BCUT2D eigenvalue weighted by Crippen LogP contribution is 2.24. The van der Waals surface area contributed by atoms with Gasteiger partial charge in [-0.25, -0.2) is 9.37 Å². The van der Waals surface area contributed by atoms with Crippen molar-refractivity contribution < 1.29 is 13.9 Å². The number of aromatic nitrogens is 1. The van der Waals surface area contributed by atoms with Crippen LogP contribution in [0.25, 0.3) is 16.6 Å². The number of halogens is 1. The van der Waals surface area contributed by atoms with Gasteiger partial charge in [0, 0.05) is 31.2 Å². The average Bonchev–Trinajstić information content (AvgIpc) is 3.05. The van der Waals surface area contributed by atoms with Crippen LogP contribution in [0.5, 0.6) is 0 Å². The van der Waals surface area contributed by atoms with Gasteiger partial charge in [0.1, 0.15) is 22.5 Å². The van der Waals surface area contributed by atoms with Gasteiger partial charge in [0.05, 0.1) is 5.69 Å². The normalized spacial score (nSPS) is 11.1. The Kier molecular flexibility index (Phi) is 6.61. The van der Waals surface area contributed by atoms with Crippen LogP contribution in [0.3, 0.4) is 0 Å². The summed E-state index contributed by atoms with van der Waals surface area (Å²) in [6.07, 6.45) is 2.11. The number of carbonyl (C=O) groups is 1. The number of hydrogen-bond donors (Lipinski definition) is 1. The fourth-order valence-electron chi connectivity index (χ4n) is 1.89. The molecule has 2 rings (SSSR count). The highest BCUT2D eigenvalue weighted by atomic mass is 32.1. The van der Waals surface area contributed by atoms with Gasteiger partial charge in [0.15, 0.2) is 0 Å². The first-order chi connectivity index (χ1) is 11.6. The van der Waals surface area contributed by atoms with Crippen molar-refractivity contribution in [3.8, 4) is 16.6 Å². The predicted molar refractivity (Wildman–Crippen MR) is 90.6 cm³/mol. The van der Waals surface area contributed by atoms with Gasteiger partial charge in [-0.05, 0) is 36.8 Å². The molecule has 0 fully saturated rings. The quantitative estimate of drug-likeness (QED) is 0.475. The zero-order valence-electron chi connectivity index (χ0n) is 13.1. The highest BCUT2D eigenvalue weighted by molar-refractivity contribution is 7.13. The van der Waals surface area contributed by atoms with Crippen LogP contribution in [0, 0.1) is 17.1 Å². The van der Waals surface area contributed by atoms with Crippen LogP contribution < -0.4 is 5.32 Å². The summed E-state index contributed by atoms with van der Waals surface area (Å²) in [5.41, 5.74) is 1.29. The summed E-state index contributed by atoms with van der Waals surface area (Å²) in [4.78, 5) is 16.3. The molecular weight excluding hydrogens is 329 g/mol. The molecule has 0 bridgehead atoms. The number of ether oxygens (including phenoxy) is 1. The van der Waals surface area contributed by atoms with Crippen LogP contribution in [0.1, 0.15) is 12.1 Å². The molecule has 0 atom stereocenters. The summed E-state index contributed by atoms with van der Waals surface area (Å²) in [6.45, 7) is 0.975. The molecule has 1 aromatic carbocycles. The van der Waals surface area contributed by atoms with E-state index in [1.54, 1.807) is 24.6 Å². The standard InChI is InChI=1S/C17H16FN3O2S/c1-23-8-2-7-20-16(22)13(10-19)9-15-11-24-17(21-15)12-3-5-14(18)6-4-12/h3-6,9,11H,2,7-8H2,1H3,(H,20,22)/b13-9+. The van der Waals surface area contributed by atoms with Crippen LogP contribution in [-0.4, -0.2) is 31.2 Å². The van der Waals surface area contributed by atoms with Gasteiger partial charge in [-0.2, -0.15) is 5.26 Å². The minimum absolute atomic E-state index is 0.0108. The highest BCUT2D eigenvalue weighted by Gasteiger charge is 2.10. The first-order valence-electron chi connectivity index (χ1n) is 7.24. The predicted octanol–water partition coefficient (Wildman–Crippen LogP) is 3.01. The Morgan fingerprint density at radius 2 is 2.21 bits per heavy atom. The first-order valence-corrected chi connectivity index (χ1v) is 8.12. The molecular formula is C17H16FN3O2S. The summed E-state index contributed by atoms with van der Waals surface area (Å²) in [5.74, 6) is -0.753. The van der Waals surface area contributed by atoms with E-state index in [9.17, 15) is 9.18 Å². The van der Waals surface area contributed by atoms with E-state index < -0.39 is 5.91 Å². The van der Waals surface area contributed by atoms with Crippen LogP contribution in [0.4, 0.5) is 4.39 Å². The van der Waals surface area contributed by atoms with Gasteiger partial charge in [0.25, 0.3) is 5.91 Å². The monoisotopic (exact) mass is 345 g/mol. The number of nitriles is 1. The fraction of sp³-hybridized carbons (Fsp3) is 0.235. The number of methoxy groups -OCH3 is 1. The summed E-state index contributed by atoms with van der Waals surface area (Å²) in [5, 5.41) is 14.2. The maximum atomic E-state index is 12.9. The molecule has 0 aliphatic heterocycles. The molecule has 0 unspecified atom stereocenters. The van der Waals surface area contributed by atoms with Crippen molar-refractivity contribution in [3.05, 3.63) is 46.7 Å². The molecule has 24 heavy (non-hydrogen) atoms. The zero-order valence-corrected chi connectivity index (χ0v) is 13.9. The molecule has 0 aliphatic rings. The molecule has 0 spiro atoms. The summed E-state index contributed by atoms with van der Waals surface area (Å²) in [6, 6.07) is 7.87. The van der Waals surface area contributed by atoms with Gasteiger partial charge in [-0.15, -0.1) is 11.3 Å². The SMILES string of the molecule is COCCCNC(=O)/C(C#N)=C/c1csc(-c2ccc(F)cc2)n1. The molecule has 1 N–H and O–H groups in total. The summed E-state index contributed by atoms with van der Waals surface area (Å²) in [7, 11) is 1.59. The fourth-order valence-corrected chi connectivity index (χ4v) is 2.67. The van der Waals surface area contributed by atoms with Crippen LogP contribution in [0.15, 0.2) is 35.2 Å². The van der Waals surface area contributed by atoms with Crippen molar-refractivity contribution in [2.75, 3.05) is 20.3 Å². The lowest BCUT2D eigenvalue weighted by Crippen LogP contribution is -2.26. The molecule has 7 heteroatoms. The zero-order chi connectivity index (χ0) is 17.4. The van der Waals surface area contributed by atoms with E-state index in [-0.39, 0.29) is 11.4 Å². The minimum Gasteiger partial charge on any atom is -0.385 e. The van der Waals surface area contributed by atoms with Crippen molar-refractivity contribution in [1.29, 1.82) is 5.26 Å². The Bertz CT molecular complexity index is 763. The van der Waals surface area contributed by atoms with Gasteiger partial charge in [0.2, 0.25) is 0 Å². The number of amides is 1. The molecule has 1 heterocycles. The lowest BCUT2D eigenvalue weighted by Gasteiger charge is -2.03. The Labute approximate surface area is 143 Å². The Morgan fingerprint density at radius 1 is 1.46 bits per heavy atom. The van der Waals surface area contributed by atoms with Crippen molar-refractivity contribution in [2.45, 2.75) is 6.42 Å². The van der Waals surface area contributed by atoms with Crippen molar-refractivity contribution in [3.63, 3.8) is 0 Å². The maximum absolute atomic E-state index is 12.9. The summed E-state index contributed by atoms with van der Waals surface area (Å²) < 4.78 is 17.8. The topological polar surface area (TPSA) is 75.0 Å². The third-order valence-electron chi connectivity index (χ3n) is 3.08. The molecule has 0 saturated heterocycles. The number of nitrogens with one attached hydrogen (secondary N) is 1. The van der Waals surface area contributed by atoms with Crippen molar-refractivity contribution in [2.24, 2.45) is 0 Å². The second kappa shape index (κ2) is 8.91. The van der Waals surface area contributed by atoms with E-state index in [1.165, 1.54) is 29.5 Å². The van der Waals surface area contributed by atoms with E-state index in [1.807, 2.05) is 6.07 Å². The van der Waals surface area contributed by atoms with E-state index >= 15 is 0 Å². The molecule has 5 nitrogen and oxygen atoms in total. The van der Waals surface area contributed by atoms with Crippen LogP contribution in [0.2, 0.25) is 0 Å². The number of carbonyl (C=O) groups excluding carboxylic acids is 1. The molecule has 1 aromatic heterocycles.